The van der Waals surface area contributed by atoms with Gasteiger partial charge in [0.05, 0.1) is 6.04 Å². The van der Waals surface area contributed by atoms with E-state index in [-0.39, 0.29) is 12.1 Å². The van der Waals surface area contributed by atoms with E-state index in [2.05, 4.69) is 12.2 Å². The normalized spacial score (nSPS) is 17.4. The van der Waals surface area contributed by atoms with Crippen LogP contribution < -0.4 is 15.9 Å². The fraction of sp³-hybridized carbons (Fsp3) is 0.333. The van der Waals surface area contributed by atoms with Gasteiger partial charge in [0.15, 0.2) is 5.75 Å². The second kappa shape index (κ2) is 7.52. The standard InChI is InChI=1S/C21H24N4O3/c1-3-4-9-23-21(26)25-13(2)16-10-14-12-27-28-19(14)11-17(16)20(24-25)15-7-5-6-8-18(15)22/h5-8,10-11,13H,3-4,9,12,22H2,1-2H3,(H,23,26). The summed E-state index contributed by atoms with van der Waals surface area (Å²) in [6.07, 6.45) is 1.94. The van der Waals surface area contributed by atoms with Crippen LogP contribution in [0.25, 0.3) is 0 Å². The molecule has 2 amide bonds. The van der Waals surface area contributed by atoms with Gasteiger partial charge in [-0.15, -0.1) is 0 Å². The van der Waals surface area contributed by atoms with Crippen LogP contribution in [0.2, 0.25) is 0 Å². The van der Waals surface area contributed by atoms with E-state index >= 15 is 0 Å². The Balaban J connectivity index is 1.80. The van der Waals surface area contributed by atoms with Crippen molar-refractivity contribution >= 4 is 17.4 Å². The molecule has 146 valence electrons. The van der Waals surface area contributed by atoms with Gasteiger partial charge in [-0.2, -0.15) is 9.99 Å². The number of carbonyl (C=O) groups is 1. The molecule has 28 heavy (non-hydrogen) atoms. The molecular formula is C21H24N4O3. The van der Waals surface area contributed by atoms with Gasteiger partial charge in [0.25, 0.3) is 0 Å². The number of para-hydroxylation sites is 1. The highest BCUT2D eigenvalue weighted by Crippen LogP contribution is 2.38. The van der Waals surface area contributed by atoms with Crippen molar-refractivity contribution in [3.8, 4) is 5.75 Å². The third kappa shape index (κ3) is 3.18. The molecule has 2 aliphatic heterocycles. The number of nitrogens with two attached hydrogens (primary N) is 1. The monoisotopic (exact) mass is 380 g/mol. The van der Waals surface area contributed by atoms with E-state index in [0.29, 0.717) is 30.3 Å². The van der Waals surface area contributed by atoms with Crippen LogP contribution in [0, 0.1) is 0 Å². The molecule has 7 nitrogen and oxygen atoms in total. The lowest BCUT2D eigenvalue weighted by molar-refractivity contribution is -0.194. The number of nitrogen functional groups attached to an aromatic ring is 1. The van der Waals surface area contributed by atoms with E-state index in [1.165, 1.54) is 5.01 Å². The van der Waals surface area contributed by atoms with Crippen molar-refractivity contribution in [1.29, 1.82) is 0 Å². The number of anilines is 1. The summed E-state index contributed by atoms with van der Waals surface area (Å²) >= 11 is 0. The predicted octanol–water partition coefficient (Wildman–Crippen LogP) is 3.73. The molecular weight excluding hydrogens is 356 g/mol. The van der Waals surface area contributed by atoms with Gasteiger partial charge in [-0.25, -0.2) is 9.80 Å². The number of unbranched alkanes of at least 4 members (excludes halogenated alkanes) is 1. The quantitative estimate of drug-likeness (QED) is 0.480. The van der Waals surface area contributed by atoms with Crippen LogP contribution in [0.1, 0.15) is 55.0 Å². The Kier molecular flexibility index (Phi) is 4.92. The molecule has 0 radical (unpaired) electrons. The lowest BCUT2D eigenvalue weighted by Crippen LogP contribution is -2.41. The summed E-state index contributed by atoms with van der Waals surface area (Å²) in [5.41, 5.74) is 11.1. The summed E-state index contributed by atoms with van der Waals surface area (Å²) in [4.78, 5) is 23.2. The summed E-state index contributed by atoms with van der Waals surface area (Å²) in [5, 5.41) is 9.16. The number of carbonyl (C=O) groups excluding carboxylic acids is 1. The molecule has 3 N–H and O–H groups in total. The van der Waals surface area contributed by atoms with E-state index in [1.54, 1.807) is 0 Å². The fourth-order valence-electron chi connectivity index (χ4n) is 3.51. The summed E-state index contributed by atoms with van der Waals surface area (Å²) in [6, 6.07) is 11.0. The molecule has 0 saturated heterocycles. The molecule has 0 bridgehead atoms. The highest BCUT2D eigenvalue weighted by Gasteiger charge is 2.33. The Bertz CT molecular complexity index is 941. The van der Waals surface area contributed by atoms with Gasteiger partial charge in [-0.05, 0) is 37.1 Å². The average Bonchev–Trinajstić information content (AvgIpc) is 3.15. The summed E-state index contributed by atoms with van der Waals surface area (Å²) in [7, 11) is 0. The second-order valence-electron chi connectivity index (χ2n) is 7.03. The van der Waals surface area contributed by atoms with Gasteiger partial charge in [0.1, 0.15) is 12.3 Å². The van der Waals surface area contributed by atoms with E-state index in [1.807, 2.05) is 43.3 Å². The molecule has 1 atom stereocenters. The third-order valence-electron chi connectivity index (χ3n) is 5.11. The van der Waals surface area contributed by atoms with Gasteiger partial charge in [-0.1, -0.05) is 31.5 Å². The number of amides is 2. The molecule has 2 aromatic carbocycles. The number of urea groups is 1. The van der Waals surface area contributed by atoms with Gasteiger partial charge in [0, 0.05) is 28.9 Å². The third-order valence-corrected chi connectivity index (χ3v) is 5.11. The van der Waals surface area contributed by atoms with Crippen molar-refractivity contribution in [2.45, 2.75) is 39.3 Å². The Hall–Kier alpha value is -3.06. The molecule has 2 heterocycles. The van der Waals surface area contributed by atoms with Gasteiger partial charge in [0.2, 0.25) is 0 Å². The maximum Gasteiger partial charge on any atom is 0.338 e. The Morgan fingerprint density at radius 3 is 2.93 bits per heavy atom. The van der Waals surface area contributed by atoms with Gasteiger partial charge >= 0.3 is 6.03 Å². The largest absolute Gasteiger partial charge is 0.398 e. The van der Waals surface area contributed by atoms with Gasteiger partial charge < -0.3 is 15.9 Å². The first-order valence-corrected chi connectivity index (χ1v) is 9.57. The fourth-order valence-corrected chi connectivity index (χ4v) is 3.51. The van der Waals surface area contributed by atoms with Crippen LogP contribution in [-0.4, -0.2) is 23.3 Å². The number of rotatable bonds is 4. The highest BCUT2D eigenvalue weighted by atomic mass is 17.2. The zero-order chi connectivity index (χ0) is 19.7. The van der Waals surface area contributed by atoms with Crippen LogP contribution in [0.3, 0.4) is 0 Å². The zero-order valence-electron chi connectivity index (χ0n) is 16.1. The van der Waals surface area contributed by atoms with E-state index < -0.39 is 0 Å². The SMILES string of the molecule is CCCCNC(=O)N1N=C(c2ccccc2N)c2cc3c(cc2C1C)COO3. The first-order chi connectivity index (χ1) is 13.6. The molecule has 2 aromatic rings. The van der Waals surface area contributed by atoms with Crippen molar-refractivity contribution in [3.05, 3.63) is 58.7 Å². The first kappa shape index (κ1) is 18.3. The molecule has 0 aromatic heterocycles. The topological polar surface area (TPSA) is 89.2 Å². The van der Waals surface area contributed by atoms with Crippen molar-refractivity contribution in [1.82, 2.24) is 10.3 Å². The molecule has 7 heteroatoms. The minimum atomic E-state index is -0.226. The molecule has 2 aliphatic rings. The molecule has 1 unspecified atom stereocenters. The number of benzene rings is 2. The maximum atomic E-state index is 12.8. The number of fused-ring (bicyclic) bond motifs is 2. The molecule has 0 aliphatic carbocycles. The van der Waals surface area contributed by atoms with Crippen molar-refractivity contribution in [2.24, 2.45) is 5.10 Å². The van der Waals surface area contributed by atoms with Crippen molar-refractivity contribution in [3.63, 3.8) is 0 Å². The zero-order valence-corrected chi connectivity index (χ0v) is 16.1. The van der Waals surface area contributed by atoms with Crippen LogP contribution in [0.15, 0.2) is 41.5 Å². The lowest BCUT2D eigenvalue weighted by Gasteiger charge is -2.32. The lowest BCUT2D eigenvalue weighted by atomic mass is 9.90. The predicted molar refractivity (Wildman–Crippen MR) is 107 cm³/mol. The minimum absolute atomic E-state index is 0.216. The number of nitrogens with zero attached hydrogens (tertiary/aromatic N) is 2. The molecule has 0 fully saturated rings. The average molecular weight is 380 g/mol. The number of hydrogen-bond acceptors (Lipinski definition) is 5. The number of hydrazone groups is 1. The molecule has 4 rings (SSSR count). The smallest absolute Gasteiger partial charge is 0.338 e. The molecule has 0 saturated carbocycles. The summed E-state index contributed by atoms with van der Waals surface area (Å²) < 4.78 is 0. The minimum Gasteiger partial charge on any atom is -0.398 e. The van der Waals surface area contributed by atoms with Crippen LogP contribution >= 0.6 is 0 Å². The number of hydrogen-bond donors (Lipinski definition) is 2. The second-order valence-corrected chi connectivity index (χ2v) is 7.03. The Morgan fingerprint density at radius 1 is 1.32 bits per heavy atom. The maximum absolute atomic E-state index is 12.8. The summed E-state index contributed by atoms with van der Waals surface area (Å²) in [6.45, 7) is 5.06. The Morgan fingerprint density at radius 2 is 2.14 bits per heavy atom. The summed E-state index contributed by atoms with van der Waals surface area (Å²) in [5.74, 6) is 0.675. The van der Waals surface area contributed by atoms with Gasteiger partial charge in [-0.3, -0.25) is 0 Å². The van der Waals surface area contributed by atoms with Crippen molar-refractivity contribution in [2.75, 3.05) is 12.3 Å². The van der Waals surface area contributed by atoms with Crippen LogP contribution in [0.5, 0.6) is 5.75 Å². The highest BCUT2D eigenvalue weighted by molar-refractivity contribution is 6.17. The number of nitrogens with one attached hydrogen (secondary N) is 1. The van der Waals surface area contributed by atoms with Crippen molar-refractivity contribution < 1.29 is 14.6 Å². The van der Waals surface area contributed by atoms with E-state index in [9.17, 15) is 4.79 Å². The molecule has 0 spiro atoms. The van der Waals surface area contributed by atoms with E-state index in [0.717, 1.165) is 35.1 Å². The van der Waals surface area contributed by atoms with Crippen LogP contribution in [0.4, 0.5) is 10.5 Å². The Labute approximate surface area is 164 Å². The van der Waals surface area contributed by atoms with Crippen LogP contribution in [-0.2, 0) is 11.5 Å². The van der Waals surface area contributed by atoms with E-state index in [4.69, 9.17) is 20.6 Å². The first-order valence-electron chi connectivity index (χ1n) is 9.57.